The molecular weight excluding hydrogens is 242 g/mol. The topological polar surface area (TPSA) is 49.6 Å². The maximum atomic E-state index is 12.2. The summed E-state index contributed by atoms with van der Waals surface area (Å²) in [5, 5.41) is 7.13. The summed E-state index contributed by atoms with van der Waals surface area (Å²) in [7, 11) is 0. The maximum Gasteiger partial charge on any atom is 0.434 e. The minimum Gasteiger partial charge on any atom is -0.212 e. The van der Waals surface area contributed by atoms with E-state index in [2.05, 4.69) is 9.97 Å². The van der Waals surface area contributed by atoms with Gasteiger partial charge in [-0.2, -0.15) is 18.4 Å². The van der Waals surface area contributed by atoms with E-state index in [1.807, 2.05) is 0 Å². The molecule has 8 heteroatoms. The molecule has 0 atom stereocenters. The maximum absolute atomic E-state index is 12.2. The summed E-state index contributed by atoms with van der Waals surface area (Å²) in [5.41, 5.74) is -2.26. The second-order valence-corrected chi connectivity index (χ2v) is 2.81. The fourth-order valence-corrected chi connectivity index (χ4v) is 1.14. The Hall–Kier alpha value is -1.06. The standard InChI is InChI=1S/C6Cl2F3N3/c7-4-2(1-12)3(6(9,10)11)13-5(8)14-4. The van der Waals surface area contributed by atoms with E-state index in [4.69, 9.17) is 28.5 Å². The van der Waals surface area contributed by atoms with Crippen LogP contribution in [0.1, 0.15) is 11.3 Å². The van der Waals surface area contributed by atoms with Crippen LogP contribution in [-0.4, -0.2) is 9.97 Å². The molecule has 0 unspecified atom stereocenters. The zero-order valence-electron chi connectivity index (χ0n) is 6.23. The molecule has 0 saturated carbocycles. The van der Waals surface area contributed by atoms with Crippen LogP contribution in [0.2, 0.25) is 10.4 Å². The molecule has 0 aromatic carbocycles. The summed E-state index contributed by atoms with van der Waals surface area (Å²) < 4.78 is 36.7. The van der Waals surface area contributed by atoms with E-state index >= 15 is 0 Å². The summed E-state index contributed by atoms with van der Waals surface area (Å²) in [6, 6.07) is 1.26. The normalized spacial score (nSPS) is 11.1. The van der Waals surface area contributed by atoms with Gasteiger partial charge in [-0.05, 0) is 11.6 Å². The molecule has 1 aromatic rings. The largest absolute Gasteiger partial charge is 0.434 e. The Morgan fingerprint density at radius 3 is 2.21 bits per heavy atom. The third-order valence-corrected chi connectivity index (χ3v) is 1.66. The van der Waals surface area contributed by atoms with Crippen molar-refractivity contribution in [2.45, 2.75) is 6.18 Å². The van der Waals surface area contributed by atoms with Gasteiger partial charge in [-0.3, -0.25) is 0 Å². The Morgan fingerprint density at radius 2 is 1.79 bits per heavy atom. The van der Waals surface area contributed by atoms with Crippen LogP contribution in [-0.2, 0) is 6.18 Å². The van der Waals surface area contributed by atoms with Crippen molar-refractivity contribution in [1.29, 1.82) is 5.26 Å². The van der Waals surface area contributed by atoms with Crippen LogP contribution in [0.4, 0.5) is 13.2 Å². The van der Waals surface area contributed by atoms with Gasteiger partial charge >= 0.3 is 6.18 Å². The van der Waals surface area contributed by atoms with E-state index in [0.717, 1.165) is 0 Å². The molecule has 0 aliphatic heterocycles. The third kappa shape index (κ3) is 2.05. The van der Waals surface area contributed by atoms with Gasteiger partial charge in [0, 0.05) is 0 Å². The number of aromatic nitrogens is 2. The minimum absolute atomic E-state index is 0.611. The second kappa shape index (κ2) is 3.59. The van der Waals surface area contributed by atoms with Gasteiger partial charge in [-0.15, -0.1) is 0 Å². The van der Waals surface area contributed by atoms with Gasteiger partial charge in [0.1, 0.15) is 11.6 Å². The van der Waals surface area contributed by atoms with E-state index in [0.29, 0.717) is 0 Å². The molecule has 0 radical (unpaired) electrons. The Balaban J connectivity index is 3.50. The molecular formula is C6Cl2F3N3. The van der Waals surface area contributed by atoms with Gasteiger partial charge in [0.05, 0.1) is 0 Å². The molecule has 1 aromatic heterocycles. The first-order valence-electron chi connectivity index (χ1n) is 3.06. The number of alkyl halides is 3. The van der Waals surface area contributed by atoms with Crippen molar-refractivity contribution in [2.24, 2.45) is 0 Å². The zero-order valence-corrected chi connectivity index (χ0v) is 7.74. The predicted octanol–water partition coefficient (Wildman–Crippen LogP) is 2.67. The quantitative estimate of drug-likeness (QED) is 0.519. The van der Waals surface area contributed by atoms with Crippen LogP contribution in [0.3, 0.4) is 0 Å². The summed E-state index contributed by atoms with van der Waals surface area (Å²) in [6.45, 7) is 0. The lowest BCUT2D eigenvalue weighted by Gasteiger charge is -2.07. The fraction of sp³-hybridized carbons (Fsp3) is 0.167. The van der Waals surface area contributed by atoms with Crippen LogP contribution in [0.5, 0.6) is 0 Å². The lowest BCUT2D eigenvalue weighted by Crippen LogP contribution is -2.12. The van der Waals surface area contributed by atoms with Gasteiger partial charge in [0.15, 0.2) is 10.8 Å². The Morgan fingerprint density at radius 1 is 1.21 bits per heavy atom. The SMILES string of the molecule is N#Cc1c(Cl)nc(Cl)nc1C(F)(F)F. The number of hydrogen-bond acceptors (Lipinski definition) is 3. The van der Waals surface area contributed by atoms with Crippen LogP contribution in [0.15, 0.2) is 0 Å². The highest BCUT2D eigenvalue weighted by Crippen LogP contribution is 2.33. The molecule has 1 rings (SSSR count). The van der Waals surface area contributed by atoms with Crippen molar-refractivity contribution >= 4 is 23.2 Å². The van der Waals surface area contributed by atoms with Crippen molar-refractivity contribution in [2.75, 3.05) is 0 Å². The van der Waals surface area contributed by atoms with Crippen LogP contribution < -0.4 is 0 Å². The number of rotatable bonds is 0. The molecule has 14 heavy (non-hydrogen) atoms. The molecule has 0 bridgehead atoms. The van der Waals surface area contributed by atoms with Crippen molar-refractivity contribution in [3.05, 3.63) is 21.7 Å². The van der Waals surface area contributed by atoms with Crippen molar-refractivity contribution in [3.63, 3.8) is 0 Å². The van der Waals surface area contributed by atoms with E-state index < -0.39 is 27.9 Å². The predicted molar refractivity (Wildman–Crippen MR) is 41.8 cm³/mol. The van der Waals surface area contributed by atoms with E-state index in [1.54, 1.807) is 0 Å². The Labute approximate surface area is 86.1 Å². The van der Waals surface area contributed by atoms with Gasteiger partial charge < -0.3 is 0 Å². The first-order valence-corrected chi connectivity index (χ1v) is 3.82. The lowest BCUT2D eigenvalue weighted by atomic mass is 10.2. The van der Waals surface area contributed by atoms with Gasteiger partial charge in [-0.1, -0.05) is 11.6 Å². The third-order valence-electron chi connectivity index (χ3n) is 1.22. The molecule has 0 aliphatic carbocycles. The van der Waals surface area contributed by atoms with E-state index in [-0.39, 0.29) is 0 Å². The lowest BCUT2D eigenvalue weighted by molar-refractivity contribution is -0.141. The van der Waals surface area contributed by atoms with Crippen molar-refractivity contribution < 1.29 is 13.2 Å². The molecule has 1 heterocycles. The summed E-state index contributed by atoms with van der Waals surface area (Å²) in [4.78, 5) is 6.11. The molecule has 3 nitrogen and oxygen atoms in total. The molecule has 0 spiro atoms. The average Bonchev–Trinajstić information content (AvgIpc) is 2.01. The first kappa shape index (κ1) is 11.0. The van der Waals surface area contributed by atoms with E-state index in [1.165, 1.54) is 6.07 Å². The van der Waals surface area contributed by atoms with Gasteiger partial charge in [0.2, 0.25) is 5.28 Å². The highest BCUT2D eigenvalue weighted by atomic mass is 35.5. The monoisotopic (exact) mass is 241 g/mol. The molecule has 74 valence electrons. The molecule has 0 fully saturated rings. The fourth-order valence-electron chi connectivity index (χ4n) is 0.712. The summed E-state index contributed by atoms with van der Waals surface area (Å²) >= 11 is 10.5. The zero-order chi connectivity index (χ0) is 10.9. The Bertz CT molecular complexity index is 410. The Kier molecular flexibility index (Phi) is 2.83. The van der Waals surface area contributed by atoms with Crippen molar-refractivity contribution in [1.82, 2.24) is 9.97 Å². The summed E-state index contributed by atoms with van der Waals surface area (Å²) in [6.07, 6.45) is -4.78. The van der Waals surface area contributed by atoms with Gasteiger partial charge in [0.25, 0.3) is 0 Å². The van der Waals surface area contributed by atoms with Crippen molar-refractivity contribution in [3.8, 4) is 6.07 Å². The number of nitrogens with zero attached hydrogens (tertiary/aromatic N) is 3. The van der Waals surface area contributed by atoms with Crippen LogP contribution in [0, 0.1) is 11.3 Å². The highest BCUT2D eigenvalue weighted by Gasteiger charge is 2.37. The average molecular weight is 242 g/mol. The molecule has 0 amide bonds. The minimum atomic E-state index is -4.78. The van der Waals surface area contributed by atoms with Gasteiger partial charge in [-0.25, -0.2) is 9.97 Å². The van der Waals surface area contributed by atoms with Crippen LogP contribution in [0.25, 0.3) is 0 Å². The molecule has 0 saturated heterocycles. The first-order chi connectivity index (χ1) is 6.36. The van der Waals surface area contributed by atoms with Crippen LogP contribution >= 0.6 is 23.2 Å². The number of halogens is 5. The summed E-state index contributed by atoms with van der Waals surface area (Å²) in [5.74, 6) is 0. The number of nitriles is 1. The molecule has 0 N–H and O–H groups in total. The smallest absolute Gasteiger partial charge is 0.212 e. The highest BCUT2D eigenvalue weighted by molar-refractivity contribution is 6.32. The second-order valence-electron chi connectivity index (χ2n) is 2.12. The molecule has 0 aliphatic rings. The number of hydrogen-bond donors (Lipinski definition) is 0. The van der Waals surface area contributed by atoms with E-state index in [9.17, 15) is 13.2 Å².